The number of carbonyl (C=O) groups excluding carboxylic acids is 3. The molecule has 3 amide bonds. The fourth-order valence-electron chi connectivity index (χ4n) is 7.77. The van der Waals surface area contributed by atoms with Gasteiger partial charge in [0, 0.05) is 30.1 Å². The Kier molecular flexibility index (Phi) is 8.90. The summed E-state index contributed by atoms with van der Waals surface area (Å²) in [5, 5.41) is 22.3. The summed E-state index contributed by atoms with van der Waals surface area (Å²) < 4.78 is 6.18. The van der Waals surface area contributed by atoms with E-state index < -0.39 is 17.4 Å². The van der Waals surface area contributed by atoms with Crippen LogP contribution in [0.1, 0.15) is 46.0 Å². The highest BCUT2D eigenvalue weighted by Crippen LogP contribution is 2.46. The second-order valence-corrected chi connectivity index (χ2v) is 13.8. The van der Waals surface area contributed by atoms with E-state index in [1.165, 1.54) is 0 Å². The average Bonchev–Trinajstić information content (AvgIpc) is 3.31. The highest BCUT2D eigenvalue weighted by Gasteiger charge is 2.52. The molecule has 0 unspecified atom stereocenters. The van der Waals surface area contributed by atoms with Crippen LogP contribution in [0.5, 0.6) is 11.5 Å². The monoisotopic (exact) mass is 705 g/mol. The van der Waals surface area contributed by atoms with Crippen LogP contribution in [0.4, 0.5) is 17.1 Å². The molecule has 9 nitrogen and oxygen atoms in total. The van der Waals surface area contributed by atoms with Gasteiger partial charge in [0.1, 0.15) is 5.75 Å². The van der Waals surface area contributed by atoms with Gasteiger partial charge < -0.3 is 24.7 Å². The molecule has 3 aliphatic rings. The van der Waals surface area contributed by atoms with Gasteiger partial charge >= 0.3 is 0 Å². The molecule has 3 aliphatic heterocycles. The van der Waals surface area contributed by atoms with Crippen LogP contribution in [0.2, 0.25) is 0 Å². The zero-order valence-electron chi connectivity index (χ0n) is 29.3. The Morgan fingerprint density at radius 3 is 2.38 bits per heavy atom. The summed E-state index contributed by atoms with van der Waals surface area (Å²) >= 11 is 0. The van der Waals surface area contributed by atoms with Crippen LogP contribution in [-0.2, 0) is 34.7 Å². The Morgan fingerprint density at radius 1 is 0.868 bits per heavy atom. The maximum Gasteiger partial charge on any atom is 0.266 e. The van der Waals surface area contributed by atoms with Gasteiger partial charge in [-0.15, -0.1) is 0 Å². The van der Waals surface area contributed by atoms with Crippen LogP contribution in [0.15, 0.2) is 133 Å². The molecule has 0 aliphatic carbocycles. The van der Waals surface area contributed by atoms with Gasteiger partial charge in [-0.05, 0) is 65.6 Å². The number of ether oxygens (including phenoxy) is 1. The first-order chi connectivity index (χ1) is 25.8. The molecule has 0 aromatic heterocycles. The van der Waals surface area contributed by atoms with Crippen LogP contribution in [0.3, 0.4) is 0 Å². The quantitative estimate of drug-likeness (QED) is 0.168. The maximum absolute atomic E-state index is 14.3. The summed E-state index contributed by atoms with van der Waals surface area (Å²) in [4.78, 5) is 46.7. The van der Waals surface area contributed by atoms with E-state index in [-0.39, 0.29) is 37.4 Å². The number of anilines is 3. The van der Waals surface area contributed by atoms with E-state index in [4.69, 9.17) is 4.74 Å². The molecule has 0 bridgehead atoms. The summed E-state index contributed by atoms with van der Waals surface area (Å²) in [5.41, 5.74) is 3.81. The predicted octanol–water partition coefficient (Wildman–Crippen LogP) is 7.03. The van der Waals surface area contributed by atoms with Gasteiger partial charge in [-0.1, -0.05) is 97.9 Å². The normalized spacial score (nSPS) is 19.6. The average molecular weight is 706 g/mol. The second kappa shape index (κ2) is 13.8. The molecule has 53 heavy (non-hydrogen) atoms. The Labute approximate surface area is 308 Å². The van der Waals surface area contributed by atoms with Gasteiger partial charge in [0.15, 0.2) is 11.4 Å². The highest BCUT2D eigenvalue weighted by molar-refractivity contribution is 6.14. The van der Waals surface area contributed by atoms with Crippen LogP contribution in [0, 0.1) is 5.92 Å². The van der Waals surface area contributed by atoms with Crippen LogP contribution >= 0.6 is 0 Å². The lowest BCUT2D eigenvalue weighted by Gasteiger charge is -2.36. The van der Waals surface area contributed by atoms with E-state index in [0.717, 1.165) is 16.7 Å². The maximum atomic E-state index is 14.3. The molecule has 5 aromatic carbocycles. The van der Waals surface area contributed by atoms with Crippen molar-refractivity contribution < 1.29 is 29.3 Å². The van der Waals surface area contributed by atoms with Gasteiger partial charge in [-0.3, -0.25) is 19.3 Å². The van der Waals surface area contributed by atoms with Gasteiger partial charge in [0.05, 0.1) is 36.1 Å². The third-order valence-corrected chi connectivity index (χ3v) is 10.6. The second-order valence-electron chi connectivity index (χ2n) is 13.8. The number of carbonyl (C=O) groups is 3. The molecule has 2 N–H and O–H groups in total. The Morgan fingerprint density at radius 2 is 1.57 bits per heavy atom. The number of amides is 3. The number of hydrogen-bond acceptors (Lipinski definition) is 6. The number of aliphatic hydroxyl groups excluding tert-OH is 1. The molecule has 3 atom stereocenters. The number of nitrogens with zero attached hydrogens (tertiary/aromatic N) is 3. The lowest BCUT2D eigenvalue weighted by atomic mass is 9.83. The summed E-state index contributed by atoms with van der Waals surface area (Å²) in [6.07, 6.45) is 4.09. The fourth-order valence-corrected chi connectivity index (χ4v) is 7.77. The summed E-state index contributed by atoms with van der Waals surface area (Å²) in [6.45, 7) is 2.22. The Hall–Kier alpha value is -6.03. The number of para-hydroxylation sites is 4. The van der Waals surface area contributed by atoms with Crippen molar-refractivity contribution >= 4 is 34.8 Å². The number of rotatable bonds is 8. The van der Waals surface area contributed by atoms with E-state index in [1.54, 1.807) is 64.1 Å². The number of fused-ring (bicyclic) bond motifs is 4. The van der Waals surface area contributed by atoms with E-state index in [1.807, 2.05) is 91.0 Å². The number of benzene rings is 5. The first-order valence-corrected chi connectivity index (χ1v) is 17.8. The third kappa shape index (κ3) is 5.97. The first-order valence-electron chi connectivity index (χ1n) is 17.8. The summed E-state index contributed by atoms with van der Waals surface area (Å²) in [5.74, 6) is -0.490. The topological polar surface area (TPSA) is 111 Å². The molecule has 0 radical (unpaired) electrons. The largest absolute Gasteiger partial charge is 0.454 e. The molecule has 0 saturated heterocycles. The van der Waals surface area contributed by atoms with Crippen molar-refractivity contribution in [3.05, 3.63) is 161 Å². The highest BCUT2D eigenvalue weighted by atomic mass is 16.5. The van der Waals surface area contributed by atoms with Crippen molar-refractivity contribution in [1.29, 1.82) is 0 Å². The van der Waals surface area contributed by atoms with Gasteiger partial charge in [-0.25, -0.2) is 0 Å². The molecule has 266 valence electrons. The first kappa shape index (κ1) is 34.1. The van der Waals surface area contributed by atoms with Crippen LogP contribution < -0.4 is 14.5 Å². The van der Waals surface area contributed by atoms with Crippen molar-refractivity contribution in [3.63, 3.8) is 0 Å². The minimum Gasteiger partial charge on any atom is -0.454 e. The predicted molar refractivity (Wildman–Crippen MR) is 202 cm³/mol. The van der Waals surface area contributed by atoms with Crippen molar-refractivity contribution in [1.82, 2.24) is 4.90 Å². The lowest BCUT2D eigenvalue weighted by Crippen LogP contribution is -2.46. The fraction of sp³-hybridized carbons (Fsp3) is 0.205. The standard InChI is InChI=1S/C44H39N3O6/c1-29(12-10-23-41(49)45-27-32-15-3-2-14-31(32)25-34(45)28-48)44(52)36-18-5-6-19-37(36)46(43(44)51)26-30-13-11-16-33(24-30)47-38-20-7-9-22-40(38)53-39-21-8-4-17-35(39)42(47)50/h2-22,24,29,34,48,52H,23,25-28H2,1H3/b12-10+/t29-,34+,44+/m1/s1. The number of aliphatic hydroxyl groups is 2. The summed E-state index contributed by atoms with van der Waals surface area (Å²) in [7, 11) is 0. The molecule has 8 rings (SSSR count). The molecular weight excluding hydrogens is 666 g/mol. The van der Waals surface area contributed by atoms with E-state index >= 15 is 0 Å². The molecule has 3 heterocycles. The molecule has 0 fully saturated rings. The van der Waals surface area contributed by atoms with Crippen molar-refractivity contribution in [2.45, 2.75) is 44.5 Å². The zero-order chi connectivity index (χ0) is 36.7. The zero-order valence-corrected chi connectivity index (χ0v) is 29.3. The van der Waals surface area contributed by atoms with E-state index in [2.05, 4.69) is 0 Å². The van der Waals surface area contributed by atoms with Crippen LogP contribution in [-0.4, -0.2) is 45.5 Å². The molecular formula is C44H39N3O6. The lowest BCUT2D eigenvalue weighted by molar-refractivity contribution is -0.139. The van der Waals surface area contributed by atoms with Crippen LogP contribution in [0.25, 0.3) is 0 Å². The van der Waals surface area contributed by atoms with Gasteiger partial charge in [-0.2, -0.15) is 0 Å². The summed E-state index contributed by atoms with van der Waals surface area (Å²) in [6, 6.07) is 36.8. The molecule has 9 heteroatoms. The minimum atomic E-state index is -1.87. The molecule has 0 spiro atoms. The van der Waals surface area contributed by atoms with Gasteiger partial charge in [0.2, 0.25) is 5.91 Å². The van der Waals surface area contributed by atoms with Gasteiger partial charge in [0.25, 0.3) is 11.8 Å². The molecule has 5 aromatic rings. The van der Waals surface area contributed by atoms with E-state index in [0.29, 0.717) is 52.7 Å². The minimum absolute atomic E-state index is 0.0687. The smallest absolute Gasteiger partial charge is 0.266 e. The third-order valence-electron chi connectivity index (χ3n) is 10.6. The van der Waals surface area contributed by atoms with Crippen molar-refractivity contribution in [3.8, 4) is 11.5 Å². The van der Waals surface area contributed by atoms with Crippen molar-refractivity contribution in [2.24, 2.45) is 5.92 Å². The Balaban J connectivity index is 1.03. The Bertz CT molecular complexity index is 2270. The molecule has 0 saturated carbocycles. The SMILES string of the molecule is C[C@H](/C=C/CC(=O)N1Cc2ccccc2C[C@H]1CO)[C@@]1(O)C(=O)N(Cc2cccc(N3C(=O)c4ccccc4Oc4ccccc43)c2)c2ccccc21. The van der Waals surface area contributed by atoms with E-state index in [9.17, 15) is 24.6 Å². The van der Waals surface area contributed by atoms with Crippen molar-refractivity contribution in [2.75, 3.05) is 16.4 Å². The number of hydrogen-bond donors (Lipinski definition) is 2.